The smallest absolute Gasteiger partial charge is 0.246 e. The third kappa shape index (κ3) is 4.68. The molecule has 0 spiro atoms. The number of benzene rings is 2. The highest BCUT2D eigenvalue weighted by Crippen LogP contribution is 2.22. The fourth-order valence-electron chi connectivity index (χ4n) is 2.54. The Bertz CT molecular complexity index is 925. The maximum absolute atomic E-state index is 13.4. The molecule has 1 N–H and O–H groups in total. The van der Waals surface area contributed by atoms with Gasteiger partial charge in [-0.25, -0.2) is 8.78 Å². The summed E-state index contributed by atoms with van der Waals surface area (Å²) in [6.45, 7) is 6.86. The van der Waals surface area contributed by atoms with Crippen LogP contribution in [0.15, 0.2) is 40.9 Å². The average molecular weight is 373 g/mol. The van der Waals surface area contributed by atoms with E-state index in [1.807, 2.05) is 39.0 Å². The lowest BCUT2D eigenvalue weighted by molar-refractivity contribution is 0.0654. The lowest BCUT2D eigenvalue weighted by atomic mass is 10.1. The van der Waals surface area contributed by atoms with Crippen molar-refractivity contribution in [3.05, 3.63) is 65.1 Å². The van der Waals surface area contributed by atoms with E-state index in [1.54, 1.807) is 0 Å². The highest BCUT2D eigenvalue weighted by molar-refractivity contribution is 5.55. The lowest BCUT2D eigenvalue weighted by Gasteiger charge is -2.14. The standard InChI is InChI=1S/C20H21F2N3O2/c1-12(2)26-11-15-5-4-6-18(13(15)3)23-10-19-24-20(25-27-19)14-7-8-16(21)17(22)9-14/h4-9,12,23H,10-11H2,1-3H3. The van der Waals surface area contributed by atoms with Gasteiger partial charge in [-0.3, -0.25) is 0 Å². The van der Waals surface area contributed by atoms with Gasteiger partial charge in [0.2, 0.25) is 11.7 Å². The lowest BCUT2D eigenvalue weighted by Crippen LogP contribution is -2.06. The van der Waals surface area contributed by atoms with Crippen LogP contribution in [0.25, 0.3) is 11.4 Å². The van der Waals surface area contributed by atoms with Gasteiger partial charge in [-0.05, 0) is 56.2 Å². The molecular formula is C20H21F2N3O2. The second-order valence-corrected chi connectivity index (χ2v) is 6.44. The molecule has 3 aromatic rings. The van der Waals surface area contributed by atoms with E-state index < -0.39 is 11.6 Å². The van der Waals surface area contributed by atoms with Gasteiger partial charge in [-0.2, -0.15) is 4.98 Å². The minimum atomic E-state index is -0.951. The summed E-state index contributed by atoms with van der Waals surface area (Å²) in [5.74, 6) is -1.31. The average Bonchev–Trinajstić information content (AvgIpc) is 3.11. The number of ether oxygens (including phenoxy) is 1. The molecule has 0 amide bonds. The van der Waals surface area contributed by atoms with E-state index in [9.17, 15) is 8.78 Å². The van der Waals surface area contributed by atoms with Crippen LogP contribution >= 0.6 is 0 Å². The van der Waals surface area contributed by atoms with Crippen molar-refractivity contribution in [2.24, 2.45) is 0 Å². The molecule has 0 aliphatic rings. The molecule has 0 aliphatic carbocycles. The van der Waals surface area contributed by atoms with Gasteiger partial charge in [-0.15, -0.1) is 0 Å². The van der Waals surface area contributed by atoms with Crippen LogP contribution in [0.4, 0.5) is 14.5 Å². The Balaban J connectivity index is 1.68. The molecule has 1 heterocycles. The third-order valence-electron chi connectivity index (χ3n) is 4.09. The zero-order chi connectivity index (χ0) is 19.4. The second-order valence-electron chi connectivity index (χ2n) is 6.44. The molecule has 142 valence electrons. The van der Waals surface area contributed by atoms with Gasteiger partial charge in [-0.1, -0.05) is 17.3 Å². The van der Waals surface area contributed by atoms with E-state index in [2.05, 4.69) is 15.5 Å². The minimum absolute atomic E-state index is 0.161. The molecule has 1 aromatic heterocycles. The summed E-state index contributed by atoms with van der Waals surface area (Å²) in [7, 11) is 0. The Morgan fingerprint density at radius 1 is 1.15 bits per heavy atom. The molecule has 27 heavy (non-hydrogen) atoms. The fourth-order valence-corrected chi connectivity index (χ4v) is 2.54. The number of halogens is 2. The van der Waals surface area contributed by atoms with Crippen LogP contribution in [-0.2, 0) is 17.9 Å². The van der Waals surface area contributed by atoms with E-state index in [0.29, 0.717) is 24.6 Å². The predicted octanol–water partition coefficient (Wildman–Crippen LogP) is 4.86. The van der Waals surface area contributed by atoms with Crippen molar-refractivity contribution in [2.75, 3.05) is 5.32 Å². The summed E-state index contributed by atoms with van der Waals surface area (Å²) in [5, 5.41) is 7.08. The summed E-state index contributed by atoms with van der Waals surface area (Å²) < 4.78 is 37.3. The van der Waals surface area contributed by atoms with Crippen LogP contribution in [0, 0.1) is 18.6 Å². The number of aromatic nitrogens is 2. The van der Waals surface area contributed by atoms with Crippen molar-refractivity contribution in [3.63, 3.8) is 0 Å². The molecule has 0 fully saturated rings. The van der Waals surface area contributed by atoms with E-state index in [0.717, 1.165) is 28.9 Å². The molecule has 0 radical (unpaired) electrons. The molecule has 0 saturated heterocycles. The largest absolute Gasteiger partial charge is 0.376 e. The van der Waals surface area contributed by atoms with Crippen molar-refractivity contribution in [1.29, 1.82) is 0 Å². The Morgan fingerprint density at radius 3 is 2.70 bits per heavy atom. The van der Waals surface area contributed by atoms with Crippen molar-refractivity contribution in [3.8, 4) is 11.4 Å². The number of rotatable bonds is 7. The Kier molecular flexibility index (Phi) is 5.81. The molecule has 0 atom stereocenters. The van der Waals surface area contributed by atoms with Crippen molar-refractivity contribution >= 4 is 5.69 Å². The third-order valence-corrected chi connectivity index (χ3v) is 4.09. The molecule has 5 nitrogen and oxygen atoms in total. The minimum Gasteiger partial charge on any atom is -0.376 e. The van der Waals surface area contributed by atoms with Crippen LogP contribution in [-0.4, -0.2) is 16.2 Å². The number of hydrogen-bond donors (Lipinski definition) is 1. The first kappa shape index (κ1) is 19.0. The fraction of sp³-hybridized carbons (Fsp3) is 0.300. The zero-order valence-electron chi connectivity index (χ0n) is 15.4. The molecule has 0 unspecified atom stereocenters. The van der Waals surface area contributed by atoms with Gasteiger partial charge in [0.05, 0.1) is 19.3 Å². The topological polar surface area (TPSA) is 60.2 Å². The zero-order valence-corrected chi connectivity index (χ0v) is 15.4. The monoisotopic (exact) mass is 373 g/mol. The van der Waals surface area contributed by atoms with Crippen LogP contribution in [0.2, 0.25) is 0 Å². The van der Waals surface area contributed by atoms with E-state index >= 15 is 0 Å². The normalized spacial score (nSPS) is 11.2. The van der Waals surface area contributed by atoms with E-state index in [4.69, 9.17) is 9.26 Å². The Morgan fingerprint density at radius 2 is 1.96 bits per heavy atom. The van der Waals surface area contributed by atoms with Gasteiger partial charge in [0, 0.05) is 11.3 Å². The van der Waals surface area contributed by atoms with Crippen LogP contribution < -0.4 is 5.32 Å². The van der Waals surface area contributed by atoms with Crippen LogP contribution in [0.1, 0.15) is 30.9 Å². The quantitative estimate of drug-likeness (QED) is 0.641. The highest BCUT2D eigenvalue weighted by atomic mass is 19.2. The number of nitrogens with zero attached hydrogens (tertiary/aromatic N) is 2. The first-order valence-corrected chi connectivity index (χ1v) is 8.66. The number of hydrogen-bond acceptors (Lipinski definition) is 5. The molecule has 0 bridgehead atoms. The van der Waals surface area contributed by atoms with Crippen LogP contribution in [0.3, 0.4) is 0 Å². The summed E-state index contributed by atoms with van der Waals surface area (Å²) in [6, 6.07) is 9.42. The van der Waals surface area contributed by atoms with Gasteiger partial charge in [0.15, 0.2) is 11.6 Å². The maximum atomic E-state index is 13.4. The molecule has 3 rings (SSSR count). The van der Waals surface area contributed by atoms with E-state index in [1.165, 1.54) is 6.07 Å². The summed E-state index contributed by atoms with van der Waals surface area (Å²) >= 11 is 0. The van der Waals surface area contributed by atoms with Crippen LogP contribution in [0.5, 0.6) is 0 Å². The van der Waals surface area contributed by atoms with Gasteiger partial charge < -0.3 is 14.6 Å². The molecule has 0 aliphatic heterocycles. The molecule has 0 saturated carbocycles. The van der Waals surface area contributed by atoms with Gasteiger partial charge >= 0.3 is 0 Å². The first-order chi connectivity index (χ1) is 12.9. The number of nitrogens with one attached hydrogen (secondary N) is 1. The second kappa shape index (κ2) is 8.26. The summed E-state index contributed by atoms with van der Waals surface area (Å²) in [5.41, 5.74) is 3.47. The Labute approximate surface area is 156 Å². The Hall–Kier alpha value is -2.80. The molecular weight excluding hydrogens is 352 g/mol. The van der Waals surface area contributed by atoms with Gasteiger partial charge in [0.25, 0.3) is 0 Å². The van der Waals surface area contributed by atoms with Gasteiger partial charge in [0.1, 0.15) is 0 Å². The molecule has 2 aromatic carbocycles. The predicted molar refractivity (Wildman–Crippen MR) is 98.1 cm³/mol. The summed E-state index contributed by atoms with van der Waals surface area (Å²) in [6.07, 6.45) is 0.161. The first-order valence-electron chi connectivity index (χ1n) is 8.66. The van der Waals surface area contributed by atoms with Crippen molar-refractivity contribution < 1.29 is 18.0 Å². The SMILES string of the molecule is Cc1c(COC(C)C)cccc1NCc1nc(-c2ccc(F)c(F)c2)no1. The molecule has 7 heteroatoms. The van der Waals surface area contributed by atoms with Crippen molar-refractivity contribution in [1.82, 2.24) is 10.1 Å². The summed E-state index contributed by atoms with van der Waals surface area (Å²) in [4.78, 5) is 4.22. The maximum Gasteiger partial charge on any atom is 0.246 e. The highest BCUT2D eigenvalue weighted by Gasteiger charge is 2.12. The van der Waals surface area contributed by atoms with E-state index in [-0.39, 0.29) is 11.9 Å². The van der Waals surface area contributed by atoms with Crippen molar-refractivity contribution in [2.45, 2.75) is 40.0 Å². The number of anilines is 1.